The van der Waals surface area contributed by atoms with Crippen LogP contribution in [-0.4, -0.2) is 73.7 Å². The first kappa shape index (κ1) is 15.9. The minimum absolute atomic E-state index is 0.0868. The molecule has 1 N–H and O–H groups in total. The zero-order valence-corrected chi connectivity index (χ0v) is 11.8. The van der Waals surface area contributed by atoms with Gasteiger partial charge in [-0.25, -0.2) is 0 Å². The summed E-state index contributed by atoms with van der Waals surface area (Å²) < 4.78 is 4.97. The summed E-state index contributed by atoms with van der Waals surface area (Å²) in [4.78, 5) is 26.6. The molecule has 0 spiro atoms. The maximum atomic E-state index is 12.0. The molecule has 0 aliphatic carbocycles. The van der Waals surface area contributed by atoms with Crippen LogP contribution in [0.1, 0.15) is 19.3 Å². The van der Waals surface area contributed by atoms with Crippen LogP contribution in [0, 0.1) is 5.92 Å². The molecule has 1 saturated heterocycles. The molecule has 0 aromatic heterocycles. The van der Waals surface area contributed by atoms with Gasteiger partial charge in [0.05, 0.1) is 12.5 Å². The number of aliphatic carboxylic acids is 1. The van der Waals surface area contributed by atoms with E-state index >= 15 is 0 Å². The average Bonchev–Trinajstić information content (AvgIpc) is 2.39. The summed E-state index contributed by atoms with van der Waals surface area (Å²) in [5.74, 6) is -0.948. The number of hydrogen-bond acceptors (Lipinski definition) is 4. The number of carbonyl (C=O) groups excluding carboxylic acids is 1. The number of amides is 1. The van der Waals surface area contributed by atoms with Crippen LogP contribution in [-0.2, 0) is 14.3 Å². The number of piperidine rings is 1. The Morgan fingerprint density at radius 1 is 1.37 bits per heavy atom. The molecule has 1 heterocycles. The van der Waals surface area contributed by atoms with Crippen molar-refractivity contribution >= 4 is 11.9 Å². The van der Waals surface area contributed by atoms with Gasteiger partial charge in [-0.1, -0.05) is 0 Å². The highest BCUT2D eigenvalue weighted by atomic mass is 16.5. The van der Waals surface area contributed by atoms with Gasteiger partial charge in [0.1, 0.15) is 0 Å². The minimum Gasteiger partial charge on any atom is -0.481 e. The van der Waals surface area contributed by atoms with Gasteiger partial charge < -0.3 is 14.7 Å². The summed E-state index contributed by atoms with van der Waals surface area (Å²) >= 11 is 0. The normalized spacial score (nSPS) is 16.9. The monoisotopic (exact) mass is 272 g/mol. The van der Waals surface area contributed by atoms with Crippen molar-refractivity contribution in [2.24, 2.45) is 5.92 Å². The third-order valence-corrected chi connectivity index (χ3v) is 3.49. The van der Waals surface area contributed by atoms with Crippen molar-refractivity contribution in [3.05, 3.63) is 0 Å². The number of rotatable bonds is 7. The third kappa shape index (κ3) is 5.57. The van der Waals surface area contributed by atoms with E-state index in [1.165, 1.54) is 0 Å². The van der Waals surface area contributed by atoms with Gasteiger partial charge in [-0.2, -0.15) is 0 Å². The topological polar surface area (TPSA) is 70.1 Å². The first-order valence-electron chi connectivity index (χ1n) is 6.72. The minimum atomic E-state index is -0.746. The Labute approximate surface area is 114 Å². The van der Waals surface area contributed by atoms with Crippen LogP contribution < -0.4 is 0 Å². The number of hydrogen-bond donors (Lipinski definition) is 1. The molecular formula is C13H24N2O4. The number of likely N-dealkylation sites (N-methyl/N-ethyl adjacent to an activating group) is 1. The Morgan fingerprint density at radius 2 is 2.00 bits per heavy atom. The zero-order valence-electron chi connectivity index (χ0n) is 11.8. The number of methoxy groups -OCH3 is 1. The van der Waals surface area contributed by atoms with Crippen LogP contribution in [0.5, 0.6) is 0 Å². The van der Waals surface area contributed by atoms with E-state index in [4.69, 9.17) is 9.84 Å². The van der Waals surface area contributed by atoms with Gasteiger partial charge in [-0.15, -0.1) is 0 Å². The lowest BCUT2D eigenvalue weighted by Gasteiger charge is -2.31. The molecule has 1 fully saturated rings. The molecule has 0 atom stereocenters. The average molecular weight is 272 g/mol. The maximum absolute atomic E-state index is 12.0. The van der Waals surface area contributed by atoms with E-state index in [0.717, 1.165) is 13.0 Å². The summed E-state index contributed by atoms with van der Waals surface area (Å²) in [7, 11) is 3.58. The summed E-state index contributed by atoms with van der Waals surface area (Å²) in [6.45, 7) is 3.03. The van der Waals surface area contributed by atoms with Crippen molar-refractivity contribution < 1.29 is 19.4 Å². The van der Waals surface area contributed by atoms with E-state index in [1.807, 2.05) is 11.9 Å². The molecule has 0 saturated carbocycles. The second kappa shape index (κ2) is 8.12. The fourth-order valence-electron chi connectivity index (χ4n) is 2.26. The lowest BCUT2D eigenvalue weighted by atomic mass is 9.97. The van der Waals surface area contributed by atoms with Crippen molar-refractivity contribution in [2.45, 2.75) is 19.3 Å². The van der Waals surface area contributed by atoms with Crippen molar-refractivity contribution in [1.29, 1.82) is 0 Å². The van der Waals surface area contributed by atoms with Crippen LogP contribution in [0.2, 0.25) is 0 Å². The molecular weight excluding hydrogens is 248 g/mol. The van der Waals surface area contributed by atoms with E-state index in [1.54, 1.807) is 12.0 Å². The second-order valence-corrected chi connectivity index (χ2v) is 5.08. The molecule has 0 aromatic rings. The zero-order chi connectivity index (χ0) is 14.3. The second-order valence-electron chi connectivity index (χ2n) is 5.08. The Hall–Kier alpha value is -1.14. The summed E-state index contributed by atoms with van der Waals surface area (Å²) in [6, 6.07) is 0. The van der Waals surface area contributed by atoms with E-state index < -0.39 is 5.97 Å². The Balaban J connectivity index is 2.25. The number of ether oxygens (including phenoxy) is 1. The van der Waals surface area contributed by atoms with Crippen LogP contribution in [0.4, 0.5) is 0 Å². The SMILES string of the molecule is COCCCN(C)CC(=O)N1CCC(C(=O)O)CC1. The molecule has 0 radical (unpaired) electrons. The molecule has 6 nitrogen and oxygen atoms in total. The fourth-order valence-corrected chi connectivity index (χ4v) is 2.26. The van der Waals surface area contributed by atoms with Crippen LogP contribution in [0.3, 0.4) is 0 Å². The first-order valence-corrected chi connectivity index (χ1v) is 6.72. The highest BCUT2D eigenvalue weighted by Crippen LogP contribution is 2.17. The number of likely N-dealkylation sites (tertiary alicyclic amines) is 1. The van der Waals surface area contributed by atoms with Gasteiger partial charge in [-0.05, 0) is 26.3 Å². The van der Waals surface area contributed by atoms with Crippen molar-refractivity contribution in [3.63, 3.8) is 0 Å². The standard InChI is InChI=1S/C13H24N2O4/c1-14(6-3-9-19-2)10-12(16)15-7-4-11(5-8-15)13(17)18/h11H,3-10H2,1-2H3,(H,17,18). The van der Waals surface area contributed by atoms with Crippen molar-refractivity contribution in [1.82, 2.24) is 9.80 Å². The summed E-state index contributed by atoms with van der Waals surface area (Å²) in [5, 5.41) is 8.91. The van der Waals surface area contributed by atoms with Gasteiger partial charge in [-0.3, -0.25) is 14.5 Å². The van der Waals surface area contributed by atoms with Crippen molar-refractivity contribution in [3.8, 4) is 0 Å². The lowest BCUT2D eigenvalue weighted by Crippen LogP contribution is -2.44. The van der Waals surface area contributed by atoms with E-state index in [-0.39, 0.29) is 11.8 Å². The molecule has 110 valence electrons. The molecule has 1 rings (SSSR count). The van der Waals surface area contributed by atoms with Crippen LogP contribution in [0.25, 0.3) is 0 Å². The number of carboxylic acids is 1. The fraction of sp³-hybridized carbons (Fsp3) is 0.846. The smallest absolute Gasteiger partial charge is 0.306 e. The predicted octanol–water partition coefficient (Wildman–Crippen LogP) is 0.278. The van der Waals surface area contributed by atoms with Crippen molar-refractivity contribution in [2.75, 3.05) is 46.9 Å². The molecule has 1 aliphatic heterocycles. The highest BCUT2D eigenvalue weighted by molar-refractivity contribution is 5.78. The van der Waals surface area contributed by atoms with E-state index in [2.05, 4.69) is 0 Å². The predicted molar refractivity (Wildman–Crippen MR) is 70.9 cm³/mol. The molecule has 19 heavy (non-hydrogen) atoms. The molecule has 1 aliphatic rings. The van der Waals surface area contributed by atoms with Gasteiger partial charge in [0.15, 0.2) is 0 Å². The van der Waals surface area contributed by atoms with E-state index in [9.17, 15) is 9.59 Å². The van der Waals surface area contributed by atoms with Gasteiger partial charge in [0.2, 0.25) is 5.91 Å². The molecule has 0 bridgehead atoms. The van der Waals surface area contributed by atoms with Crippen LogP contribution in [0.15, 0.2) is 0 Å². The Morgan fingerprint density at radius 3 is 2.53 bits per heavy atom. The first-order chi connectivity index (χ1) is 9.04. The summed E-state index contributed by atoms with van der Waals surface area (Å²) in [6.07, 6.45) is 2.03. The third-order valence-electron chi connectivity index (χ3n) is 3.49. The highest BCUT2D eigenvalue weighted by Gasteiger charge is 2.27. The number of carbonyl (C=O) groups is 2. The van der Waals surface area contributed by atoms with Crippen LogP contribution >= 0.6 is 0 Å². The molecule has 0 unspecified atom stereocenters. The maximum Gasteiger partial charge on any atom is 0.306 e. The molecule has 1 amide bonds. The van der Waals surface area contributed by atoms with Gasteiger partial charge in [0.25, 0.3) is 0 Å². The largest absolute Gasteiger partial charge is 0.481 e. The molecule has 6 heteroatoms. The Bertz CT molecular complexity index is 301. The quantitative estimate of drug-likeness (QED) is 0.674. The number of nitrogens with zero attached hydrogens (tertiary/aromatic N) is 2. The van der Waals surface area contributed by atoms with E-state index in [0.29, 0.717) is 39.1 Å². The van der Waals surface area contributed by atoms with Gasteiger partial charge in [0, 0.05) is 33.4 Å². The van der Waals surface area contributed by atoms with Gasteiger partial charge >= 0.3 is 5.97 Å². The Kier molecular flexibility index (Phi) is 6.80. The lowest BCUT2D eigenvalue weighted by molar-refractivity contribution is -0.145. The number of carboxylic acid groups (broad SMARTS) is 1. The molecule has 0 aromatic carbocycles. The summed E-state index contributed by atoms with van der Waals surface area (Å²) in [5.41, 5.74) is 0.